The summed E-state index contributed by atoms with van der Waals surface area (Å²) in [5, 5.41) is 0. The number of hydrogen-bond donors (Lipinski definition) is 0. The van der Waals surface area contributed by atoms with E-state index in [1.807, 2.05) is 0 Å². The number of nitrogens with zero attached hydrogens (tertiary/aromatic N) is 1. The molecule has 0 spiro atoms. The fourth-order valence-corrected chi connectivity index (χ4v) is 3.05. The molecule has 0 radical (unpaired) electrons. The smallest absolute Gasteiger partial charge is 0.333 e. The molecular weight excluding hydrogens is 298 g/mol. The quantitative estimate of drug-likeness (QED) is 0.204. The van der Waals surface area contributed by atoms with Crippen molar-refractivity contribution in [1.29, 1.82) is 0 Å². The third-order valence-corrected chi connectivity index (χ3v) is 4.43. The zero-order valence-corrected chi connectivity index (χ0v) is 16.7. The molecule has 0 aromatic rings. The van der Waals surface area contributed by atoms with E-state index in [0.717, 1.165) is 32.4 Å². The van der Waals surface area contributed by atoms with Gasteiger partial charge in [0, 0.05) is 11.6 Å². The van der Waals surface area contributed by atoms with Gasteiger partial charge in [-0.25, -0.2) is 4.79 Å². The first kappa shape index (κ1) is 23.2. The maximum atomic E-state index is 11.7. The lowest BCUT2D eigenvalue weighted by atomic mass is 10.0. The molecule has 0 aliphatic heterocycles. The summed E-state index contributed by atoms with van der Waals surface area (Å²) in [4.78, 5) is 14.2. The number of unbranched alkanes of at least 4 members (excludes halogenated alkanes) is 6. The van der Waals surface area contributed by atoms with Crippen molar-refractivity contribution in [3.63, 3.8) is 0 Å². The minimum Gasteiger partial charge on any atom is -0.461 e. The second-order valence-electron chi connectivity index (χ2n) is 6.98. The van der Waals surface area contributed by atoms with E-state index in [-0.39, 0.29) is 5.97 Å². The number of hydrogen-bond acceptors (Lipinski definition) is 3. The lowest BCUT2D eigenvalue weighted by molar-refractivity contribution is -0.140. The monoisotopic (exact) mass is 339 g/mol. The topological polar surface area (TPSA) is 29.5 Å². The van der Waals surface area contributed by atoms with Crippen LogP contribution in [0.25, 0.3) is 0 Å². The fourth-order valence-electron chi connectivity index (χ4n) is 3.05. The maximum Gasteiger partial charge on any atom is 0.333 e. The lowest BCUT2D eigenvalue weighted by Gasteiger charge is -2.31. The van der Waals surface area contributed by atoms with Crippen LogP contribution >= 0.6 is 0 Å². The predicted molar refractivity (Wildman–Crippen MR) is 104 cm³/mol. The second kappa shape index (κ2) is 15.7. The number of rotatable bonds is 16. The molecule has 0 bridgehead atoms. The van der Waals surface area contributed by atoms with Crippen LogP contribution in [-0.2, 0) is 9.53 Å². The Kier molecular flexibility index (Phi) is 15.1. The fraction of sp³-hybridized carbons (Fsp3) is 0.857. The van der Waals surface area contributed by atoms with Gasteiger partial charge in [-0.2, -0.15) is 0 Å². The average Bonchev–Trinajstić information content (AvgIpc) is 2.56. The summed E-state index contributed by atoms with van der Waals surface area (Å²) < 4.78 is 5.47. The van der Waals surface area contributed by atoms with Crippen LogP contribution in [0.1, 0.15) is 91.9 Å². The van der Waals surface area contributed by atoms with Gasteiger partial charge in [0.25, 0.3) is 0 Å². The highest BCUT2D eigenvalue weighted by Gasteiger charge is 2.19. The van der Waals surface area contributed by atoms with Crippen molar-refractivity contribution in [2.45, 2.75) is 97.9 Å². The number of carbonyl (C=O) groups excluding carboxylic acids is 1. The minimum atomic E-state index is -0.257. The van der Waals surface area contributed by atoms with Crippen molar-refractivity contribution in [2.24, 2.45) is 0 Å². The lowest BCUT2D eigenvalue weighted by Crippen LogP contribution is -2.40. The average molecular weight is 340 g/mol. The molecule has 0 aliphatic rings. The van der Waals surface area contributed by atoms with Gasteiger partial charge in [0.15, 0.2) is 0 Å². The van der Waals surface area contributed by atoms with Crippen molar-refractivity contribution in [3.05, 3.63) is 12.2 Å². The predicted octanol–water partition coefficient (Wildman–Crippen LogP) is 5.74. The van der Waals surface area contributed by atoms with Crippen LogP contribution in [0.15, 0.2) is 12.2 Å². The van der Waals surface area contributed by atoms with E-state index in [9.17, 15) is 4.79 Å². The Morgan fingerprint density at radius 2 is 1.46 bits per heavy atom. The summed E-state index contributed by atoms with van der Waals surface area (Å²) in [6, 6.07) is 0.351. The van der Waals surface area contributed by atoms with E-state index < -0.39 is 0 Å². The van der Waals surface area contributed by atoms with Crippen molar-refractivity contribution < 1.29 is 9.53 Å². The van der Waals surface area contributed by atoms with Crippen molar-refractivity contribution in [3.8, 4) is 0 Å². The molecule has 0 saturated carbocycles. The molecule has 3 heteroatoms. The molecule has 24 heavy (non-hydrogen) atoms. The Morgan fingerprint density at radius 1 is 0.917 bits per heavy atom. The molecule has 0 aliphatic carbocycles. The van der Waals surface area contributed by atoms with Gasteiger partial charge in [0.1, 0.15) is 6.61 Å². The molecule has 0 fully saturated rings. The molecule has 3 nitrogen and oxygen atoms in total. The summed E-state index contributed by atoms with van der Waals surface area (Å²) in [5.41, 5.74) is 0.488. The number of carbonyl (C=O) groups is 1. The number of ether oxygens (including phenoxy) is 1. The highest BCUT2D eigenvalue weighted by atomic mass is 16.5. The summed E-state index contributed by atoms with van der Waals surface area (Å²) in [5.74, 6) is -0.257. The molecule has 0 heterocycles. The van der Waals surface area contributed by atoms with Gasteiger partial charge in [-0.05, 0) is 39.3 Å². The van der Waals surface area contributed by atoms with Gasteiger partial charge >= 0.3 is 5.97 Å². The first-order valence-electron chi connectivity index (χ1n) is 10.1. The molecule has 1 unspecified atom stereocenters. The largest absolute Gasteiger partial charge is 0.461 e. The zero-order chi connectivity index (χ0) is 18.2. The van der Waals surface area contributed by atoms with Crippen molar-refractivity contribution in [1.82, 2.24) is 4.90 Å². The SMILES string of the molecule is C=C(C)C(=O)OCC(CCCCCCCCC)N(CCC)CCC. The maximum absolute atomic E-state index is 11.7. The Bertz CT molecular complexity index is 322. The summed E-state index contributed by atoms with van der Waals surface area (Å²) in [6.45, 7) is 14.7. The molecule has 0 amide bonds. The van der Waals surface area contributed by atoms with Gasteiger partial charge in [0.05, 0.1) is 0 Å². The van der Waals surface area contributed by atoms with Crippen LogP contribution in [0, 0.1) is 0 Å². The van der Waals surface area contributed by atoms with Crippen LogP contribution in [0.5, 0.6) is 0 Å². The van der Waals surface area contributed by atoms with E-state index in [2.05, 4.69) is 32.3 Å². The standard InChI is InChI=1S/C21H41NO2/c1-6-9-10-11-12-13-14-15-20(18-24-21(23)19(4)5)22(16-7-2)17-8-3/h20H,4,6-18H2,1-3,5H3. The highest BCUT2D eigenvalue weighted by Crippen LogP contribution is 2.15. The van der Waals surface area contributed by atoms with E-state index in [1.54, 1.807) is 6.92 Å². The van der Waals surface area contributed by atoms with Crippen LogP contribution in [0.3, 0.4) is 0 Å². The highest BCUT2D eigenvalue weighted by molar-refractivity contribution is 5.86. The summed E-state index contributed by atoms with van der Waals surface area (Å²) >= 11 is 0. The third-order valence-electron chi connectivity index (χ3n) is 4.43. The zero-order valence-electron chi connectivity index (χ0n) is 16.7. The molecule has 0 rings (SSSR count). The van der Waals surface area contributed by atoms with E-state index in [1.165, 1.54) is 44.9 Å². The van der Waals surface area contributed by atoms with Gasteiger partial charge in [0.2, 0.25) is 0 Å². The normalized spacial score (nSPS) is 12.4. The summed E-state index contributed by atoms with van der Waals surface area (Å²) in [6.07, 6.45) is 12.7. The van der Waals surface area contributed by atoms with E-state index in [0.29, 0.717) is 18.2 Å². The Labute approximate surface area is 150 Å². The first-order chi connectivity index (χ1) is 11.6. The van der Waals surface area contributed by atoms with Crippen molar-refractivity contribution >= 4 is 5.97 Å². The van der Waals surface area contributed by atoms with E-state index >= 15 is 0 Å². The van der Waals surface area contributed by atoms with Gasteiger partial charge in [-0.1, -0.05) is 72.3 Å². The molecule has 142 valence electrons. The van der Waals surface area contributed by atoms with Gasteiger partial charge in [-0.15, -0.1) is 0 Å². The molecule has 0 N–H and O–H groups in total. The molecule has 1 atom stereocenters. The molecular formula is C21H41NO2. The van der Waals surface area contributed by atoms with Gasteiger partial charge in [-0.3, -0.25) is 4.90 Å². The molecule has 0 saturated heterocycles. The number of esters is 1. The molecule has 0 aromatic carbocycles. The van der Waals surface area contributed by atoms with Crippen LogP contribution in [0.2, 0.25) is 0 Å². The first-order valence-corrected chi connectivity index (χ1v) is 10.1. The third kappa shape index (κ3) is 11.7. The Hall–Kier alpha value is -0.830. The van der Waals surface area contributed by atoms with Crippen LogP contribution in [0.4, 0.5) is 0 Å². The summed E-state index contributed by atoms with van der Waals surface area (Å²) in [7, 11) is 0. The van der Waals surface area contributed by atoms with E-state index in [4.69, 9.17) is 4.74 Å². The molecule has 0 aromatic heterocycles. The van der Waals surface area contributed by atoms with Crippen molar-refractivity contribution in [2.75, 3.05) is 19.7 Å². The van der Waals surface area contributed by atoms with Crippen LogP contribution in [-0.4, -0.2) is 36.6 Å². The van der Waals surface area contributed by atoms with Crippen LogP contribution < -0.4 is 0 Å². The Morgan fingerprint density at radius 3 is 1.96 bits per heavy atom. The van der Waals surface area contributed by atoms with Gasteiger partial charge < -0.3 is 4.74 Å². The second-order valence-corrected chi connectivity index (χ2v) is 6.98. The minimum absolute atomic E-state index is 0.257. The Balaban J connectivity index is 4.33.